The minimum atomic E-state index is -1.30. The highest BCUT2D eigenvalue weighted by atomic mass is 16.5. The Balaban J connectivity index is 2.08. The Morgan fingerprint density at radius 2 is 1.73 bits per heavy atom. The van der Waals surface area contributed by atoms with Crippen LogP contribution in [-0.4, -0.2) is 46.7 Å². The maximum atomic E-state index is 12.3. The molecule has 0 aliphatic rings. The summed E-state index contributed by atoms with van der Waals surface area (Å²) in [6.07, 6.45) is -1.20. The first-order valence-electron chi connectivity index (χ1n) is 8.99. The number of amides is 3. The van der Waals surface area contributed by atoms with Gasteiger partial charge in [-0.15, -0.1) is 0 Å². The molecule has 2 aromatic carbocycles. The average molecular weight is 410 g/mol. The smallest absolute Gasteiger partial charge is 0.268 e. The van der Waals surface area contributed by atoms with Crippen molar-refractivity contribution < 1.29 is 24.7 Å². The van der Waals surface area contributed by atoms with E-state index in [0.717, 1.165) is 0 Å². The molecule has 2 unspecified atom stereocenters. The molecule has 9 nitrogen and oxygen atoms in total. The molecule has 9 heteroatoms. The fraction of sp³-hybridized carbons (Fsp3) is 0.190. The molecular weight excluding hydrogens is 388 g/mol. The van der Waals surface area contributed by atoms with Crippen molar-refractivity contribution in [3.8, 4) is 11.8 Å². The largest absolute Gasteiger partial charge is 0.391 e. The summed E-state index contributed by atoms with van der Waals surface area (Å²) in [5.41, 5.74) is 8.84. The van der Waals surface area contributed by atoms with Crippen LogP contribution in [0, 0.1) is 11.8 Å². The summed E-state index contributed by atoms with van der Waals surface area (Å²) < 4.78 is 0. The quantitative estimate of drug-likeness (QED) is 0.223. The number of benzene rings is 2. The minimum Gasteiger partial charge on any atom is -0.391 e. The maximum absolute atomic E-state index is 12.3. The highest BCUT2D eigenvalue weighted by Crippen LogP contribution is 2.10. The Hall–Kier alpha value is -3.71. The van der Waals surface area contributed by atoms with E-state index in [2.05, 4.69) is 22.5 Å². The molecule has 0 bridgehead atoms. The Labute approximate surface area is 173 Å². The number of hydrogen-bond donors (Lipinski definition) is 6. The van der Waals surface area contributed by atoms with Gasteiger partial charge in [0.2, 0.25) is 5.91 Å². The maximum Gasteiger partial charge on any atom is 0.268 e. The summed E-state index contributed by atoms with van der Waals surface area (Å²) in [7, 11) is 0. The van der Waals surface area contributed by atoms with E-state index in [1.807, 2.05) is 0 Å². The Bertz CT molecular complexity index is 977. The van der Waals surface area contributed by atoms with Crippen LogP contribution in [0.2, 0.25) is 0 Å². The van der Waals surface area contributed by atoms with Gasteiger partial charge in [-0.1, -0.05) is 17.9 Å². The molecule has 0 saturated heterocycles. The first kappa shape index (κ1) is 22.6. The summed E-state index contributed by atoms with van der Waals surface area (Å²) in [5.74, 6) is 4.10. The lowest BCUT2D eigenvalue weighted by atomic mass is 10.1. The van der Waals surface area contributed by atoms with Crippen molar-refractivity contribution in [2.24, 2.45) is 5.73 Å². The highest BCUT2D eigenvalue weighted by Gasteiger charge is 2.25. The lowest BCUT2D eigenvalue weighted by Crippen LogP contribution is -2.51. The number of nitrogens with one attached hydrogen (secondary N) is 3. The molecule has 30 heavy (non-hydrogen) atoms. The van der Waals surface area contributed by atoms with Crippen LogP contribution < -0.4 is 21.8 Å². The molecule has 0 spiro atoms. The molecule has 0 fully saturated rings. The molecule has 3 amide bonds. The molecule has 0 heterocycles. The topological polar surface area (TPSA) is 154 Å². The van der Waals surface area contributed by atoms with Crippen LogP contribution in [0.15, 0.2) is 48.5 Å². The summed E-state index contributed by atoms with van der Waals surface area (Å²) in [4.78, 5) is 35.1. The van der Waals surface area contributed by atoms with E-state index in [1.54, 1.807) is 36.4 Å². The molecule has 0 aliphatic carbocycles. The number of anilines is 1. The Morgan fingerprint density at radius 1 is 1.07 bits per heavy atom. The zero-order valence-electron chi connectivity index (χ0n) is 16.2. The number of carbonyl (C=O) groups excluding carboxylic acids is 3. The third kappa shape index (κ3) is 6.42. The van der Waals surface area contributed by atoms with Gasteiger partial charge in [-0.05, 0) is 49.4 Å². The van der Waals surface area contributed by atoms with Gasteiger partial charge in [-0.3, -0.25) is 19.6 Å². The highest BCUT2D eigenvalue weighted by molar-refractivity contribution is 5.97. The first-order valence-corrected chi connectivity index (χ1v) is 8.99. The van der Waals surface area contributed by atoms with E-state index in [9.17, 15) is 19.5 Å². The van der Waals surface area contributed by atoms with E-state index in [4.69, 9.17) is 10.9 Å². The molecule has 0 aromatic heterocycles. The van der Waals surface area contributed by atoms with Gasteiger partial charge in [0.15, 0.2) is 0 Å². The fourth-order valence-electron chi connectivity index (χ4n) is 2.44. The van der Waals surface area contributed by atoms with Crippen LogP contribution in [0.1, 0.15) is 28.4 Å². The number of rotatable bonds is 6. The fourth-order valence-corrected chi connectivity index (χ4v) is 2.44. The molecule has 2 aromatic rings. The van der Waals surface area contributed by atoms with E-state index < -0.39 is 24.0 Å². The number of carbonyl (C=O) groups is 3. The standard InChI is InChI=1S/C21H22N4O5/c1-13(26)19(21(29)25-30)24-20(28)16-9-7-14(8-10-16)5-6-15-3-2-4-17(11-15)23-18(27)12-22/h2-4,7-11,13,19,26,30H,12,22H2,1H3,(H,23,27)(H,24,28)(H,25,29). The van der Waals surface area contributed by atoms with Crippen molar-refractivity contribution >= 4 is 23.4 Å². The van der Waals surface area contributed by atoms with Crippen molar-refractivity contribution in [2.75, 3.05) is 11.9 Å². The van der Waals surface area contributed by atoms with Gasteiger partial charge in [0.25, 0.3) is 11.8 Å². The Kier molecular flexibility index (Phi) is 8.08. The monoisotopic (exact) mass is 410 g/mol. The van der Waals surface area contributed by atoms with Crippen molar-refractivity contribution in [3.05, 3.63) is 65.2 Å². The summed E-state index contributed by atoms with van der Waals surface area (Å²) >= 11 is 0. The van der Waals surface area contributed by atoms with Crippen molar-refractivity contribution in [3.63, 3.8) is 0 Å². The molecule has 0 radical (unpaired) electrons. The minimum absolute atomic E-state index is 0.113. The van der Waals surface area contributed by atoms with E-state index in [1.165, 1.54) is 24.5 Å². The molecule has 0 saturated carbocycles. The number of hydrogen-bond acceptors (Lipinski definition) is 6. The first-order chi connectivity index (χ1) is 14.3. The second-order valence-electron chi connectivity index (χ2n) is 6.33. The van der Waals surface area contributed by atoms with Crippen LogP contribution in [0.25, 0.3) is 0 Å². The number of nitrogens with two attached hydrogens (primary N) is 1. The summed E-state index contributed by atoms with van der Waals surface area (Å²) in [5, 5.41) is 23.3. The normalized spacial score (nSPS) is 12.0. The van der Waals surface area contributed by atoms with Crippen molar-refractivity contribution in [1.29, 1.82) is 0 Å². The van der Waals surface area contributed by atoms with Crippen molar-refractivity contribution in [1.82, 2.24) is 10.8 Å². The average Bonchev–Trinajstić information content (AvgIpc) is 2.75. The molecule has 7 N–H and O–H groups in total. The third-order valence-corrected chi connectivity index (χ3v) is 3.99. The molecule has 0 aliphatic heterocycles. The van der Waals surface area contributed by atoms with E-state index in [-0.39, 0.29) is 18.0 Å². The van der Waals surface area contributed by atoms with Gasteiger partial charge < -0.3 is 21.5 Å². The van der Waals surface area contributed by atoms with E-state index in [0.29, 0.717) is 16.8 Å². The summed E-state index contributed by atoms with van der Waals surface area (Å²) in [6, 6.07) is 12.0. The Morgan fingerprint density at radius 3 is 2.33 bits per heavy atom. The van der Waals surface area contributed by atoms with Gasteiger partial charge in [0.05, 0.1) is 12.6 Å². The van der Waals surface area contributed by atoms with Crippen molar-refractivity contribution in [2.45, 2.75) is 19.1 Å². The third-order valence-electron chi connectivity index (χ3n) is 3.99. The number of aliphatic hydroxyl groups excluding tert-OH is 1. The van der Waals surface area contributed by atoms with Crippen LogP contribution >= 0.6 is 0 Å². The van der Waals surface area contributed by atoms with Gasteiger partial charge in [-0.2, -0.15) is 0 Å². The molecule has 156 valence electrons. The number of hydroxylamine groups is 1. The predicted octanol–water partition coefficient (Wildman–Crippen LogP) is -0.0318. The number of aliphatic hydroxyl groups is 1. The lowest BCUT2D eigenvalue weighted by molar-refractivity contribution is -0.133. The zero-order chi connectivity index (χ0) is 22.1. The molecule has 2 atom stereocenters. The van der Waals surface area contributed by atoms with Gasteiger partial charge in [-0.25, -0.2) is 5.48 Å². The van der Waals surface area contributed by atoms with Crippen LogP contribution in [0.4, 0.5) is 5.69 Å². The van der Waals surface area contributed by atoms with E-state index >= 15 is 0 Å². The van der Waals surface area contributed by atoms with Crippen LogP contribution in [0.5, 0.6) is 0 Å². The van der Waals surface area contributed by atoms with Gasteiger partial charge in [0.1, 0.15) is 6.04 Å². The second-order valence-corrected chi connectivity index (χ2v) is 6.33. The lowest BCUT2D eigenvalue weighted by Gasteiger charge is -2.19. The van der Waals surface area contributed by atoms with Crippen LogP contribution in [-0.2, 0) is 9.59 Å². The van der Waals surface area contributed by atoms with Crippen LogP contribution in [0.3, 0.4) is 0 Å². The van der Waals surface area contributed by atoms with Gasteiger partial charge >= 0.3 is 0 Å². The predicted molar refractivity (Wildman–Crippen MR) is 109 cm³/mol. The SMILES string of the molecule is CC(O)C(NC(=O)c1ccc(C#Cc2cccc(NC(=O)CN)c2)cc1)C(=O)NO. The molecule has 2 rings (SSSR count). The molecular formula is C21H22N4O5. The zero-order valence-corrected chi connectivity index (χ0v) is 16.2. The second kappa shape index (κ2) is 10.7. The summed E-state index contributed by atoms with van der Waals surface area (Å²) in [6.45, 7) is 1.20. The van der Waals surface area contributed by atoms with Gasteiger partial charge in [0, 0.05) is 22.4 Å².